The maximum atomic E-state index is 11.9. The van der Waals surface area contributed by atoms with Crippen molar-refractivity contribution in [2.45, 2.75) is 0 Å². The Hall–Kier alpha value is -3.62. The molecule has 0 spiro atoms. The minimum Gasteiger partial charge on any atom is -0.443 e. The van der Waals surface area contributed by atoms with Gasteiger partial charge in [-0.05, 0) is 30.3 Å². The molecule has 9 heteroatoms. The van der Waals surface area contributed by atoms with Crippen molar-refractivity contribution in [3.63, 3.8) is 0 Å². The van der Waals surface area contributed by atoms with Crippen LogP contribution in [0.4, 0.5) is 17.4 Å². The molecule has 4 rings (SSSR count). The van der Waals surface area contributed by atoms with Crippen molar-refractivity contribution in [3.05, 3.63) is 66.3 Å². The molecular formula is C21H17ClN4O4. The molecule has 0 radical (unpaired) electrons. The number of aromatic nitrogens is 2. The molecule has 0 unspecified atom stereocenters. The molecule has 0 fully saturated rings. The molecule has 0 aliphatic heterocycles. The zero-order valence-corrected chi connectivity index (χ0v) is 16.6. The largest absolute Gasteiger partial charge is 0.443 e. The molecule has 0 aliphatic carbocycles. The lowest BCUT2D eigenvalue weighted by molar-refractivity contribution is -0.120. The normalized spacial score (nSPS) is 10.8. The highest BCUT2D eigenvalue weighted by Gasteiger charge is 2.17. The summed E-state index contributed by atoms with van der Waals surface area (Å²) in [6.45, 7) is -0.584. The standard InChI is InChI=1S/C21H17ClN4O4/c1-26(20(28)11-27)17-5-3-2-4-15(17)19-10-24-21(30-19)25-13-6-7-14(16(22)8-13)18-9-23-12-29-18/h2-10,12,27H,11H2,1H3,(H,24,25). The fraction of sp³-hybridized carbons (Fsp3) is 0.0952. The van der Waals surface area contributed by atoms with Gasteiger partial charge in [0.2, 0.25) is 0 Å². The fourth-order valence-electron chi connectivity index (χ4n) is 2.94. The number of aliphatic hydroxyl groups is 1. The second kappa shape index (κ2) is 8.40. The fourth-order valence-corrected chi connectivity index (χ4v) is 3.21. The zero-order valence-electron chi connectivity index (χ0n) is 15.9. The van der Waals surface area contributed by atoms with Crippen LogP contribution >= 0.6 is 11.6 Å². The van der Waals surface area contributed by atoms with E-state index in [9.17, 15) is 4.79 Å². The van der Waals surface area contributed by atoms with E-state index in [0.717, 1.165) is 5.56 Å². The number of amides is 1. The highest BCUT2D eigenvalue weighted by Crippen LogP contribution is 2.34. The molecule has 0 bridgehead atoms. The van der Waals surface area contributed by atoms with Crippen molar-refractivity contribution in [1.82, 2.24) is 9.97 Å². The molecule has 2 heterocycles. The van der Waals surface area contributed by atoms with Gasteiger partial charge in [0.15, 0.2) is 17.9 Å². The number of para-hydroxylation sites is 1. The first-order chi connectivity index (χ1) is 14.6. The van der Waals surface area contributed by atoms with E-state index in [0.29, 0.717) is 33.5 Å². The van der Waals surface area contributed by atoms with E-state index < -0.39 is 12.5 Å². The van der Waals surface area contributed by atoms with Gasteiger partial charge in [-0.3, -0.25) is 4.79 Å². The highest BCUT2D eigenvalue weighted by atomic mass is 35.5. The van der Waals surface area contributed by atoms with E-state index in [1.54, 1.807) is 43.7 Å². The van der Waals surface area contributed by atoms with Crippen LogP contribution in [-0.4, -0.2) is 34.6 Å². The van der Waals surface area contributed by atoms with Crippen LogP contribution in [0.3, 0.4) is 0 Å². The van der Waals surface area contributed by atoms with E-state index in [-0.39, 0.29) is 6.01 Å². The predicted molar refractivity (Wildman–Crippen MR) is 113 cm³/mol. The number of hydrogen-bond donors (Lipinski definition) is 2. The van der Waals surface area contributed by atoms with Crippen LogP contribution in [0.25, 0.3) is 22.6 Å². The number of aliphatic hydroxyl groups excluding tert-OH is 1. The van der Waals surface area contributed by atoms with Crippen molar-refractivity contribution in [2.75, 3.05) is 23.9 Å². The Morgan fingerprint density at radius 1 is 1.17 bits per heavy atom. The Morgan fingerprint density at radius 3 is 2.73 bits per heavy atom. The molecule has 4 aromatic rings. The van der Waals surface area contributed by atoms with Gasteiger partial charge in [-0.15, -0.1) is 0 Å². The second-order valence-electron chi connectivity index (χ2n) is 6.34. The van der Waals surface area contributed by atoms with Gasteiger partial charge in [-0.1, -0.05) is 23.7 Å². The predicted octanol–water partition coefficient (Wildman–Crippen LogP) is 4.35. The molecule has 2 aromatic heterocycles. The van der Waals surface area contributed by atoms with Gasteiger partial charge >= 0.3 is 0 Å². The average Bonchev–Trinajstić information content (AvgIpc) is 3.45. The maximum Gasteiger partial charge on any atom is 0.299 e. The lowest BCUT2D eigenvalue weighted by atomic mass is 10.1. The third kappa shape index (κ3) is 3.91. The minimum atomic E-state index is -0.584. The number of oxazole rings is 2. The van der Waals surface area contributed by atoms with Gasteiger partial charge in [0.25, 0.3) is 11.9 Å². The van der Waals surface area contributed by atoms with Crippen LogP contribution in [0, 0.1) is 0 Å². The number of likely N-dealkylation sites (N-methyl/N-ethyl adjacent to an activating group) is 1. The van der Waals surface area contributed by atoms with E-state index in [1.165, 1.54) is 11.3 Å². The van der Waals surface area contributed by atoms with E-state index in [4.69, 9.17) is 25.5 Å². The number of hydrogen-bond acceptors (Lipinski definition) is 7. The van der Waals surface area contributed by atoms with Gasteiger partial charge in [-0.2, -0.15) is 0 Å². The van der Waals surface area contributed by atoms with Gasteiger partial charge < -0.3 is 24.2 Å². The van der Waals surface area contributed by atoms with Crippen molar-refractivity contribution >= 4 is 34.9 Å². The third-order valence-electron chi connectivity index (χ3n) is 4.46. The summed E-state index contributed by atoms with van der Waals surface area (Å²) < 4.78 is 11.1. The average molecular weight is 425 g/mol. The smallest absolute Gasteiger partial charge is 0.299 e. The first kappa shape index (κ1) is 19.7. The molecule has 1 amide bonds. The Kier molecular flexibility index (Phi) is 5.51. The van der Waals surface area contributed by atoms with Crippen molar-refractivity contribution < 1.29 is 18.7 Å². The number of rotatable bonds is 6. The first-order valence-corrected chi connectivity index (χ1v) is 9.32. The number of carbonyl (C=O) groups is 1. The number of nitrogens with zero attached hydrogens (tertiary/aromatic N) is 3. The summed E-state index contributed by atoms with van der Waals surface area (Å²) >= 11 is 6.35. The molecular weight excluding hydrogens is 408 g/mol. The van der Waals surface area contributed by atoms with Gasteiger partial charge in [0, 0.05) is 23.9 Å². The van der Waals surface area contributed by atoms with Crippen LogP contribution in [0.2, 0.25) is 5.02 Å². The van der Waals surface area contributed by atoms with Crippen LogP contribution in [-0.2, 0) is 4.79 Å². The summed E-state index contributed by atoms with van der Waals surface area (Å²) in [5.74, 6) is 0.611. The quantitative estimate of drug-likeness (QED) is 0.474. The number of benzene rings is 2. The Morgan fingerprint density at radius 2 is 2.00 bits per heavy atom. The molecule has 0 aliphatic rings. The maximum absolute atomic E-state index is 11.9. The summed E-state index contributed by atoms with van der Waals surface area (Å²) in [7, 11) is 1.59. The minimum absolute atomic E-state index is 0.263. The Bertz CT molecular complexity index is 1170. The van der Waals surface area contributed by atoms with Crippen molar-refractivity contribution in [1.29, 1.82) is 0 Å². The Balaban J connectivity index is 1.57. The number of anilines is 3. The summed E-state index contributed by atoms with van der Waals surface area (Å²) in [5.41, 5.74) is 2.66. The molecule has 30 heavy (non-hydrogen) atoms. The molecule has 8 nitrogen and oxygen atoms in total. The molecule has 2 N–H and O–H groups in total. The lowest BCUT2D eigenvalue weighted by Crippen LogP contribution is -2.29. The van der Waals surface area contributed by atoms with Crippen LogP contribution in [0.1, 0.15) is 0 Å². The molecule has 2 aromatic carbocycles. The number of carbonyl (C=O) groups excluding carboxylic acids is 1. The SMILES string of the molecule is CN(C(=O)CO)c1ccccc1-c1cnc(Nc2ccc(-c3cnco3)c(Cl)c2)o1. The number of halogens is 1. The van der Waals surface area contributed by atoms with Crippen molar-refractivity contribution in [2.24, 2.45) is 0 Å². The van der Waals surface area contributed by atoms with Crippen LogP contribution < -0.4 is 10.2 Å². The second-order valence-corrected chi connectivity index (χ2v) is 6.75. The topological polar surface area (TPSA) is 105 Å². The first-order valence-electron chi connectivity index (χ1n) is 8.95. The van der Waals surface area contributed by atoms with E-state index >= 15 is 0 Å². The summed E-state index contributed by atoms with van der Waals surface area (Å²) in [5, 5.41) is 12.7. The molecule has 152 valence electrons. The summed E-state index contributed by atoms with van der Waals surface area (Å²) in [4.78, 5) is 21.4. The van der Waals surface area contributed by atoms with E-state index in [2.05, 4.69) is 15.3 Å². The Labute approximate surface area is 176 Å². The lowest BCUT2D eigenvalue weighted by Gasteiger charge is -2.18. The van der Waals surface area contributed by atoms with Crippen LogP contribution in [0.5, 0.6) is 0 Å². The van der Waals surface area contributed by atoms with Crippen LogP contribution in [0.15, 0.2) is 70.1 Å². The van der Waals surface area contributed by atoms with E-state index in [1.807, 2.05) is 18.2 Å². The van der Waals surface area contributed by atoms with Gasteiger partial charge in [0.1, 0.15) is 6.61 Å². The molecule has 0 saturated heterocycles. The highest BCUT2D eigenvalue weighted by molar-refractivity contribution is 6.33. The monoisotopic (exact) mass is 424 g/mol. The van der Waals surface area contributed by atoms with Gasteiger partial charge in [0.05, 0.1) is 23.1 Å². The zero-order chi connectivity index (χ0) is 21.1. The van der Waals surface area contributed by atoms with Crippen molar-refractivity contribution in [3.8, 4) is 22.6 Å². The summed E-state index contributed by atoms with van der Waals surface area (Å²) in [6.07, 6.45) is 4.49. The number of nitrogens with one attached hydrogen (secondary N) is 1. The van der Waals surface area contributed by atoms with Gasteiger partial charge in [-0.25, -0.2) is 9.97 Å². The summed E-state index contributed by atoms with van der Waals surface area (Å²) in [6, 6.07) is 12.8. The molecule has 0 atom stereocenters. The third-order valence-corrected chi connectivity index (χ3v) is 4.78. The molecule has 0 saturated carbocycles.